The minimum atomic E-state index is -0.402. The second-order valence-corrected chi connectivity index (χ2v) is 7.73. The number of nitrogens with zero attached hydrogens (tertiary/aromatic N) is 2. The van der Waals surface area contributed by atoms with Crippen molar-refractivity contribution in [2.45, 2.75) is 19.8 Å². The number of fused-ring (bicyclic) bond motifs is 1. The molecule has 2 aliphatic heterocycles. The van der Waals surface area contributed by atoms with Crippen LogP contribution in [0.25, 0.3) is 0 Å². The number of nitrogens with one attached hydrogen (secondary N) is 1. The van der Waals surface area contributed by atoms with Crippen molar-refractivity contribution in [3.63, 3.8) is 0 Å². The van der Waals surface area contributed by atoms with Crippen molar-refractivity contribution in [2.24, 2.45) is 0 Å². The molecule has 3 amide bonds. The number of carbonyl (C=O) groups is 3. The van der Waals surface area contributed by atoms with Crippen LogP contribution >= 0.6 is 0 Å². The molecule has 1 N–H and O–H groups in total. The lowest BCUT2D eigenvalue weighted by Crippen LogP contribution is -2.36. The van der Waals surface area contributed by atoms with Gasteiger partial charge in [-0.25, -0.2) is 4.39 Å². The molecule has 0 saturated carbocycles. The van der Waals surface area contributed by atoms with Gasteiger partial charge in [0.1, 0.15) is 5.82 Å². The molecule has 162 valence electrons. The number of rotatable bonds is 6. The van der Waals surface area contributed by atoms with E-state index in [2.05, 4.69) is 5.32 Å². The quantitative estimate of drug-likeness (QED) is 0.720. The van der Waals surface area contributed by atoms with E-state index >= 15 is 0 Å². The van der Waals surface area contributed by atoms with E-state index in [1.165, 1.54) is 11.0 Å². The van der Waals surface area contributed by atoms with Gasteiger partial charge in [0.25, 0.3) is 11.8 Å². The number of anilines is 2. The van der Waals surface area contributed by atoms with Crippen LogP contribution in [0.15, 0.2) is 36.4 Å². The molecular weight excluding hydrogens is 401 g/mol. The third kappa shape index (κ3) is 4.44. The number of hydrogen-bond donors (Lipinski definition) is 1. The van der Waals surface area contributed by atoms with Crippen molar-refractivity contribution in [1.29, 1.82) is 0 Å². The van der Waals surface area contributed by atoms with Gasteiger partial charge in [-0.1, -0.05) is 11.6 Å². The lowest BCUT2D eigenvalue weighted by Gasteiger charge is -2.29. The van der Waals surface area contributed by atoms with Crippen LogP contribution in [0.2, 0.25) is 0 Å². The lowest BCUT2D eigenvalue weighted by molar-refractivity contribution is -0.116. The van der Waals surface area contributed by atoms with Gasteiger partial charge in [-0.15, -0.1) is 0 Å². The van der Waals surface area contributed by atoms with Gasteiger partial charge in [-0.3, -0.25) is 19.3 Å². The number of morpholine rings is 1. The Morgan fingerprint density at radius 2 is 1.81 bits per heavy atom. The molecule has 4 rings (SSSR count). The first kappa shape index (κ1) is 21.0. The molecule has 0 spiro atoms. The standard InChI is InChI=1S/C23H24FN3O4/c1-15-4-6-17-18(13-15)23(30)27(22(17)29)8-2-3-21(28)25-16-5-7-20(19(24)14-16)26-9-11-31-12-10-26/h4-7,13-14H,2-3,8-12H2,1H3,(H,25,28). The molecule has 0 aliphatic carbocycles. The maximum Gasteiger partial charge on any atom is 0.261 e. The molecule has 0 bridgehead atoms. The first-order chi connectivity index (χ1) is 14.9. The van der Waals surface area contributed by atoms with Crippen LogP contribution in [0, 0.1) is 12.7 Å². The second-order valence-electron chi connectivity index (χ2n) is 7.73. The molecule has 1 fully saturated rings. The summed E-state index contributed by atoms with van der Waals surface area (Å²) < 4.78 is 19.8. The predicted molar refractivity (Wildman–Crippen MR) is 114 cm³/mol. The summed E-state index contributed by atoms with van der Waals surface area (Å²) in [4.78, 5) is 40.3. The van der Waals surface area contributed by atoms with E-state index in [0.29, 0.717) is 55.2 Å². The summed E-state index contributed by atoms with van der Waals surface area (Å²) in [7, 11) is 0. The van der Waals surface area contributed by atoms with Gasteiger partial charge in [-0.05, 0) is 43.7 Å². The molecule has 0 aromatic heterocycles. The van der Waals surface area contributed by atoms with Gasteiger partial charge in [0.15, 0.2) is 0 Å². The minimum absolute atomic E-state index is 0.110. The highest BCUT2D eigenvalue weighted by Crippen LogP contribution is 2.25. The molecule has 0 radical (unpaired) electrons. The van der Waals surface area contributed by atoms with Crippen molar-refractivity contribution in [2.75, 3.05) is 43.1 Å². The predicted octanol–water partition coefficient (Wildman–Crippen LogP) is 2.99. The minimum Gasteiger partial charge on any atom is -0.378 e. The lowest BCUT2D eigenvalue weighted by atomic mass is 10.1. The average Bonchev–Trinajstić information content (AvgIpc) is 2.98. The van der Waals surface area contributed by atoms with E-state index < -0.39 is 5.82 Å². The normalized spacial score (nSPS) is 15.9. The highest BCUT2D eigenvalue weighted by atomic mass is 19.1. The average molecular weight is 425 g/mol. The molecular formula is C23H24FN3O4. The summed E-state index contributed by atoms with van der Waals surface area (Å²) in [6.07, 6.45) is 0.434. The zero-order valence-corrected chi connectivity index (χ0v) is 17.3. The molecule has 2 heterocycles. The van der Waals surface area contributed by atoms with E-state index in [1.54, 1.807) is 30.3 Å². The van der Waals surface area contributed by atoms with Crippen molar-refractivity contribution in [1.82, 2.24) is 4.90 Å². The van der Waals surface area contributed by atoms with Crippen LogP contribution in [0.5, 0.6) is 0 Å². The summed E-state index contributed by atoms with van der Waals surface area (Å²) in [5.41, 5.74) is 2.58. The number of ether oxygens (including phenoxy) is 1. The zero-order chi connectivity index (χ0) is 22.0. The molecule has 2 aromatic carbocycles. The Labute approximate surface area is 179 Å². The first-order valence-corrected chi connectivity index (χ1v) is 10.3. The van der Waals surface area contributed by atoms with Gasteiger partial charge >= 0.3 is 0 Å². The van der Waals surface area contributed by atoms with Crippen molar-refractivity contribution in [3.8, 4) is 0 Å². The molecule has 1 saturated heterocycles. The molecule has 2 aliphatic rings. The maximum atomic E-state index is 14.5. The molecule has 31 heavy (non-hydrogen) atoms. The van der Waals surface area contributed by atoms with Crippen LogP contribution in [-0.4, -0.2) is 55.5 Å². The van der Waals surface area contributed by atoms with E-state index in [9.17, 15) is 18.8 Å². The van der Waals surface area contributed by atoms with Gasteiger partial charge < -0.3 is 15.0 Å². The second kappa shape index (κ2) is 8.85. The van der Waals surface area contributed by atoms with Crippen LogP contribution in [-0.2, 0) is 9.53 Å². The monoisotopic (exact) mass is 425 g/mol. The summed E-state index contributed by atoms with van der Waals surface area (Å²) in [5.74, 6) is -1.36. The molecule has 0 unspecified atom stereocenters. The number of amides is 3. The number of carbonyl (C=O) groups excluding carboxylic acids is 3. The number of benzene rings is 2. The third-order valence-electron chi connectivity index (χ3n) is 5.49. The highest BCUT2D eigenvalue weighted by molar-refractivity contribution is 6.21. The number of aryl methyl sites for hydroxylation is 1. The summed E-state index contributed by atoms with van der Waals surface area (Å²) in [5, 5.41) is 2.67. The number of hydrogen-bond acceptors (Lipinski definition) is 5. The van der Waals surface area contributed by atoms with Gasteiger partial charge in [0.05, 0.1) is 30.0 Å². The smallest absolute Gasteiger partial charge is 0.261 e. The van der Waals surface area contributed by atoms with Crippen LogP contribution < -0.4 is 10.2 Å². The first-order valence-electron chi connectivity index (χ1n) is 10.3. The Kier molecular flexibility index (Phi) is 5.99. The Morgan fingerprint density at radius 3 is 2.55 bits per heavy atom. The topological polar surface area (TPSA) is 79.0 Å². The third-order valence-corrected chi connectivity index (χ3v) is 5.49. The van der Waals surface area contributed by atoms with Crippen molar-refractivity contribution >= 4 is 29.1 Å². The number of imide groups is 1. The summed E-state index contributed by atoms with van der Waals surface area (Å²) in [6, 6.07) is 9.78. The summed E-state index contributed by atoms with van der Waals surface area (Å²) in [6.45, 7) is 4.39. The molecule has 8 heteroatoms. The molecule has 2 aromatic rings. The fraction of sp³-hybridized carbons (Fsp3) is 0.348. The largest absolute Gasteiger partial charge is 0.378 e. The van der Waals surface area contributed by atoms with E-state index in [0.717, 1.165) is 5.56 Å². The van der Waals surface area contributed by atoms with Crippen molar-refractivity contribution in [3.05, 3.63) is 58.9 Å². The van der Waals surface area contributed by atoms with Crippen molar-refractivity contribution < 1.29 is 23.5 Å². The zero-order valence-electron chi connectivity index (χ0n) is 17.3. The Morgan fingerprint density at radius 1 is 1.06 bits per heavy atom. The van der Waals surface area contributed by atoms with E-state index in [-0.39, 0.29) is 30.7 Å². The van der Waals surface area contributed by atoms with E-state index in [4.69, 9.17) is 4.74 Å². The van der Waals surface area contributed by atoms with Crippen LogP contribution in [0.3, 0.4) is 0 Å². The molecule has 0 atom stereocenters. The molecule has 7 nitrogen and oxygen atoms in total. The van der Waals surface area contributed by atoms with Crippen LogP contribution in [0.4, 0.5) is 15.8 Å². The maximum absolute atomic E-state index is 14.5. The number of halogens is 1. The van der Waals surface area contributed by atoms with Crippen LogP contribution in [0.1, 0.15) is 39.1 Å². The van der Waals surface area contributed by atoms with Gasteiger partial charge in [-0.2, -0.15) is 0 Å². The van der Waals surface area contributed by atoms with E-state index in [1.807, 2.05) is 11.8 Å². The fourth-order valence-corrected chi connectivity index (χ4v) is 3.87. The highest BCUT2D eigenvalue weighted by Gasteiger charge is 2.34. The Hall–Kier alpha value is -3.26. The fourth-order valence-electron chi connectivity index (χ4n) is 3.87. The Balaban J connectivity index is 1.29. The van der Waals surface area contributed by atoms with Gasteiger partial charge in [0, 0.05) is 31.7 Å². The Bertz CT molecular complexity index is 1030. The summed E-state index contributed by atoms with van der Waals surface area (Å²) >= 11 is 0. The van der Waals surface area contributed by atoms with Gasteiger partial charge in [0.2, 0.25) is 5.91 Å². The SMILES string of the molecule is Cc1ccc2c(c1)C(=O)N(CCCC(=O)Nc1ccc(N3CCOCC3)c(F)c1)C2=O.